The molecule has 1 atom stereocenters. The van der Waals surface area contributed by atoms with E-state index in [2.05, 4.69) is 10.1 Å². The van der Waals surface area contributed by atoms with E-state index in [1.54, 1.807) is 17.1 Å². The first kappa shape index (κ1) is 20.5. The number of aromatic nitrogens is 3. The fraction of sp³-hybridized carbons (Fsp3) is 0.450. The van der Waals surface area contributed by atoms with Crippen molar-refractivity contribution in [1.29, 1.82) is 0 Å². The second-order valence-electron chi connectivity index (χ2n) is 7.03. The molecule has 1 aliphatic rings. The minimum Gasteiger partial charge on any atom is -0.455 e. The third kappa shape index (κ3) is 4.60. The van der Waals surface area contributed by atoms with E-state index in [9.17, 15) is 4.79 Å². The maximum Gasteiger partial charge on any atom is 0.303 e. The number of hydrogen-bond acceptors (Lipinski definition) is 6. The molecule has 0 spiro atoms. The van der Waals surface area contributed by atoms with E-state index in [4.69, 9.17) is 25.8 Å². The minimum atomic E-state index is -0.680. The molecule has 1 aliphatic heterocycles. The van der Waals surface area contributed by atoms with E-state index in [0.717, 1.165) is 12.0 Å². The summed E-state index contributed by atoms with van der Waals surface area (Å²) in [4.78, 5) is 16.0. The Kier molecular flexibility index (Phi) is 6.49. The van der Waals surface area contributed by atoms with Crippen molar-refractivity contribution in [3.05, 3.63) is 47.5 Å². The van der Waals surface area contributed by atoms with Crippen LogP contribution in [0.2, 0.25) is 5.02 Å². The number of benzene rings is 1. The normalized spacial score (nSPS) is 24.0. The number of carbonyl (C=O) groups excluding carboxylic acids is 1. The van der Waals surface area contributed by atoms with Crippen molar-refractivity contribution in [3.8, 4) is 0 Å². The van der Waals surface area contributed by atoms with Gasteiger partial charge in [0.1, 0.15) is 12.7 Å². The largest absolute Gasteiger partial charge is 0.455 e. The molecule has 0 N–H and O–H groups in total. The molecule has 0 aliphatic carbocycles. The second kappa shape index (κ2) is 8.86. The molecule has 8 heteroatoms. The minimum absolute atomic E-state index is 0.256. The van der Waals surface area contributed by atoms with Gasteiger partial charge in [0.05, 0.1) is 24.3 Å². The first-order chi connectivity index (χ1) is 13.4. The maximum atomic E-state index is 12.0. The van der Waals surface area contributed by atoms with Crippen LogP contribution in [0, 0.1) is 5.41 Å². The molecule has 2 heterocycles. The summed E-state index contributed by atoms with van der Waals surface area (Å²) >= 11 is 6.35. The maximum absolute atomic E-state index is 12.0. The van der Waals surface area contributed by atoms with Gasteiger partial charge in [0.2, 0.25) is 0 Å². The van der Waals surface area contributed by atoms with Gasteiger partial charge >= 0.3 is 5.97 Å². The summed E-state index contributed by atoms with van der Waals surface area (Å²) in [6.45, 7) is 6.08. The molecule has 0 saturated carbocycles. The lowest BCUT2D eigenvalue weighted by Crippen LogP contribution is -2.49. The van der Waals surface area contributed by atoms with Crippen LogP contribution in [-0.2, 0) is 19.0 Å². The lowest BCUT2D eigenvalue weighted by atomic mass is 9.82. The molecule has 1 aromatic carbocycles. The Morgan fingerprint density at radius 3 is 2.71 bits per heavy atom. The number of halogens is 1. The molecule has 0 amide bonds. The number of rotatable bonds is 6. The summed E-state index contributed by atoms with van der Waals surface area (Å²) in [6.07, 6.45) is 4.65. The average molecular weight is 406 g/mol. The zero-order valence-corrected chi connectivity index (χ0v) is 16.9. The SMILES string of the molecule is CCC1OCC(C)(C(OC(C)=O)/C(=C/c2ccccc2Cl)n2cncn2)CO1. The van der Waals surface area contributed by atoms with E-state index in [1.807, 2.05) is 38.1 Å². The first-order valence-corrected chi connectivity index (χ1v) is 9.52. The highest BCUT2D eigenvalue weighted by atomic mass is 35.5. The van der Waals surface area contributed by atoms with Gasteiger partial charge in [0.25, 0.3) is 0 Å². The van der Waals surface area contributed by atoms with Crippen molar-refractivity contribution in [2.24, 2.45) is 5.41 Å². The summed E-state index contributed by atoms with van der Waals surface area (Å²) in [6, 6.07) is 7.42. The highest BCUT2D eigenvalue weighted by Crippen LogP contribution is 2.37. The van der Waals surface area contributed by atoms with E-state index < -0.39 is 17.5 Å². The molecule has 1 aromatic heterocycles. The number of nitrogens with zero attached hydrogens (tertiary/aromatic N) is 3. The van der Waals surface area contributed by atoms with Crippen molar-refractivity contribution in [3.63, 3.8) is 0 Å². The fourth-order valence-corrected chi connectivity index (χ4v) is 3.31. The van der Waals surface area contributed by atoms with Crippen molar-refractivity contribution < 1.29 is 19.0 Å². The molecule has 0 bridgehead atoms. The zero-order valence-electron chi connectivity index (χ0n) is 16.2. The Balaban J connectivity index is 2.05. The molecular formula is C20H24ClN3O4. The summed E-state index contributed by atoms with van der Waals surface area (Å²) < 4.78 is 19.0. The Hall–Kier alpha value is -2.22. The summed E-state index contributed by atoms with van der Waals surface area (Å²) in [5.74, 6) is -0.408. The smallest absolute Gasteiger partial charge is 0.303 e. The van der Waals surface area contributed by atoms with E-state index >= 15 is 0 Å². The zero-order chi connectivity index (χ0) is 20.1. The summed E-state index contributed by atoms with van der Waals surface area (Å²) in [7, 11) is 0. The lowest BCUT2D eigenvalue weighted by Gasteiger charge is -2.42. The third-order valence-corrected chi connectivity index (χ3v) is 4.95. The van der Waals surface area contributed by atoms with Gasteiger partial charge in [-0.25, -0.2) is 9.67 Å². The Bertz CT molecular complexity index is 830. The van der Waals surface area contributed by atoms with Crippen molar-refractivity contribution >= 4 is 29.3 Å². The molecule has 3 rings (SSSR count). The third-order valence-electron chi connectivity index (χ3n) is 4.61. The molecule has 2 aromatic rings. The number of carbonyl (C=O) groups is 1. The fourth-order valence-electron chi connectivity index (χ4n) is 3.12. The van der Waals surface area contributed by atoms with E-state index in [-0.39, 0.29) is 6.29 Å². The van der Waals surface area contributed by atoms with E-state index in [1.165, 1.54) is 13.3 Å². The van der Waals surface area contributed by atoms with Crippen LogP contribution in [0.3, 0.4) is 0 Å². The van der Waals surface area contributed by atoms with Crippen LogP contribution in [0.5, 0.6) is 0 Å². The predicted octanol–water partition coefficient (Wildman–Crippen LogP) is 3.65. The number of ether oxygens (including phenoxy) is 3. The monoisotopic (exact) mass is 405 g/mol. The van der Waals surface area contributed by atoms with Crippen molar-refractivity contribution in [1.82, 2.24) is 14.8 Å². The first-order valence-electron chi connectivity index (χ1n) is 9.14. The molecule has 0 radical (unpaired) electrons. The molecule has 1 saturated heterocycles. The standard InChI is InChI=1S/C20H24ClN3O4/c1-4-18-26-10-20(3,11-27-18)19(28-14(2)25)17(24-13-22-12-23-24)9-15-7-5-6-8-16(15)21/h5-9,12-13,18-19H,4,10-11H2,1-3H3/b17-9-. The highest BCUT2D eigenvalue weighted by molar-refractivity contribution is 6.32. The highest BCUT2D eigenvalue weighted by Gasteiger charge is 2.44. The van der Waals surface area contributed by atoms with E-state index in [0.29, 0.717) is 23.9 Å². The molecule has 28 heavy (non-hydrogen) atoms. The van der Waals surface area contributed by atoms with Crippen LogP contribution < -0.4 is 0 Å². The van der Waals surface area contributed by atoms with Gasteiger partial charge < -0.3 is 14.2 Å². The molecule has 150 valence electrons. The van der Waals surface area contributed by atoms with Crippen LogP contribution >= 0.6 is 11.6 Å². The molecule has 1 fully saturated rings. The van der Waals surface area contributed by atoms with Gasteiger partial charge in [0, 0.05) is 11.9 Å². The van der Waals surface area contributed by atoms with Gasteiger partial charge in [0.15, 0.2) is 12.4 Å². The van der Waals surface area contributed by atoms with Crippen molar-refractivity contribution in [2.45, 2.75) is 39.6 Å². The Labute approximate surface area is 169 Å². The van der Waals surface area contributed by atoms with Gasteiger partial charge in [-0.15, -0.1) is 0 Å². The second-order valence-corrected chi connectivity index (χ2v) is 7.44. The van der Waals surface area contributed by atoms with Crippen molar-refractivity contribution in [2.75, 3.05) is 13.2 Å². The molecular weight excluding hydrogens is 382 g/mol. The quantitative estimate of drug-likeness (QED) is 0.683. The number of esters is 1. The van der Waals surface area contributed by atoms with Gasteiger partial charge in [-0.05, 0) is 24.1 Å². The van der Waals surface area contributed by atoms with Gasteiger partial charge in [-0.3, -0.25) is 4.79 Å². The topological polar surface area (TPSA) is 75.5 Å². The van der Waals surface area contributed by atoms with Crippen LogP contribution in [-0.4, -0.2) is 46.3 Å². The lowest BCUT2D eigenvalue weighted by molar-refractivity contribution is -0.242. The Morgan fingerprint density at radius 1 is 1.43 bits per heavy atom. The van der Waals surface area contributed by atoms with Crippen LogP contribution in [0.1, 0.15) is 32.8 Å². The van der Waals surface area contributed by atoms with Crippen LogP contribution in [0.4, 0.5) is 0 Å². The summed E-state index contributed by atoms with van der Waals surface area (Å²) in [5, 5.41) is 4.83. The average Bonchev–Trinajstić information content (AvgIpc) is 3.21. The predicted molar refractivity (Wildman–Crippen MR) is 105 cm³/mol. The Morgan fingerprint density at radius 2 is 2.14 bits per heavy atom. The molecule has 7 nitrogen and oxygen atoms in total. The van der Waals surface area contributed by atoms with Gasteiger partial charge in [-0.2, -0.15) is 5.10 Å². The van der Waals surface area contributed by atoms with Crippen LogP contribution in [0.15, 0.2) is 36.9 Å². The molecule has 1 unspecified atom stereocenters. The van der Waals surface area contributed by atoms with Crippen LogP contribution in [0.25, 0.3) is 11.8 Å². The van der Waals surface area contributed by atoms with Gasteiger partial charge in [-0.1, -0.05) is 43.6 Å². The summed E-state index contributed by atoms with van der Waals surface area (Å²) in [5.41, 5.74) is 0.779. The number of hydrogen-bond donors (Lipinski definition) is 0.